The molecule has 0 fully saturated rings. The van der Waals surface area contributed by atoms with Crippen molar-refractivity contribution >= 4 is 11.7 Å². The van der Waals surface area contributed by atoms with Crippen LogP contribution in [0, 0.1) is 12.3 Å². The molecular formula is C9H17N5O. The van der Waals surface area contributed by atoms with Crippen molar-refractivity contribution in [1.82, 2.24) is 9.78 Å². The number of nitrogens with zero attached hydrogens (tertiary/aromatic N) is 3. The van der Waals surface area contributed by atoms with Gasteiger partial charge in [0.15, 0.2) is 0 Å². The third-order valence-corrected chi connectivity index (χ3v) is 2.26. The Hall–Kier alpha value is -1.56. The third-order valence-electron chi connectivity index (χ3n) is 2.26. The van der Waals surface area contributed by atoms with E-state index < -0.39 is 0 Å². The van der Waals surface area contributed by atoms with Gasteiger partial charge >= 0.3 is 0 Å². The molecule has 0 aromatic carbocycles. The summed E-state index contributed by atoms with van der Waals surface area (Å²) in [6, 6.07) is 0. The highest BCUT2D eigenvalue weighted by molar-refractivity contribution is 6.00. The first kappa shape index (κ1) is 11.5. The first-order valence-electron chi connectivity index (χ1n) is 4.69. The van der Waals surface area contributed by atoms with Crippen LogP contribution in [0.3, 0.4) is 0 Å². The molecular weight excluding hydrogens is 194 g/mol. The molecule has 0 atom stereocenters. The highest BCUT2D eigenvalue weighted by atomic mass is 16.3. The van der Waals surface area contributed by atoms with Gasteiger partial charge in [-0.15, -0.1) is 0 Å². The van der Waals surface area contributed by atoms with Gasteiger partial charge in [0, 0.05) is 20.6 Å². The predicted molar refractivity (Wildman–Crippen MR) is 59.3 cm³/mol. The van der Waals surface area contributed by atoms with Crippen molar-refractivity contribution in [3.8, 4) is 0 Å². The van der Waals surface area contributed by atoms with Crippen LogP contribution in [-0.4, -0.2) is 40.9 Å². The second-order valence-corrected chi connectivity index (χ2v) is 3.47. The van der Waals surface area contributed by atoms with E-state index in [0.29, 0.717) is 12.1 Å². The van der Waals surface area contributed by atoms with Gasteiger partial charge < -0.3 is 15.7 Å². The molecule has 1 heterocycles. The summed E-state index contributed by atoms with van der Waals surface area (Å²) in [6.45, 7) is 2.35. The Bertz CT molecular complexity index is 371. The molecule has 6 nitrogen and oxygen atoms in total. The number of anilines is 1. The van der Waals surface area contributed by atoms with Gasteiger partial charge in [-0.05, 0) is 6.92 Å². The molecule has 0 aliphatic heterocycles. The number of aliphatic hydroxyl groups is 1. The maximum Gasteiger partial charge on any atom is 0.137 e. The zero-order valence-electron chi connectivity index (χ0n) is 9.28. The molecule has 6 heteroatoms. The average molecular weight is 211 g/mol. The number of aliphatic hydroxyl groups excluding tert-OH is 1. The van der Waals surface area contributed by atoms with Crippen molar-refractivity contribution in [2.24, 2.45) is 12.8 Å². The lowest BCUT2D eigenvalue weighted by molar-refractivity contribution is 0.303. The fraction of sp³-hybridized carbons (Fsp3) is 0.556. The van der Waals surface area contributed by atoms with Crippen molar-refractivity contribution in [3.05, 3.63) is 11.3 Å². The monoisotopic (exact) mass is 211 g/mol. The highest BCUT2D eigenvalue weighted by Gasteiger charge is 2.18. The number of nitrogens with one attached hydrogen (secondary N) is 1. The Labute approximate surface area is 88.8 Å². The van der Waals surface area contributed by atoms with E-state index in [4.69, 9.17) is 16.2 Å². The minimum absolute atomic E-state index is 0.000361. The molecule has 0 aliphatic rings. The minimum atomic E-state index is 0.000361. The van der Waals surface area contributed by atoms with Gasteiger partial charge in [-0.2, -0.15) is 5.10 Å². The largest absolute Gasteiger partial charge is 0.395 e. The van der Waals surface area contributed by atoms with E-state index in [1.807, 2.05) is 18.9 Å². The molecule has 4 N–H and O–H groups in total. The van der Waals surface area contributed by atoms with Gasteiger partial charge in [0.25, 0.3) is 0 Å². The van der Waals surface area contributed by atoms with Crippen molar-refractivity contribution in [2.75, 3.05) is 25.1 Å². The van der Waals surface area contributed by atoms with Crippen LogP contribution in [0.5, 0.6) is 0 Å². The first-order valence-corrected chi connectivity index (χ1v) is 4.69. The number of hydrogen-bond donors (Lipinski definition) is 3. The zero-order valence-corrected chi connectivity index (χ0v) is 9.28. The number of aromatic nitrogens is 2. The van der Waals surface area contributed by atoms with Gasteiger partial charge in [-0.1, -0.05) is 0 Å². The fourth-order valence-electron chi connectivity index (χ4n) is 1.66. The lowest BCUT2D eigenvalue weighted by atomic mass is 10.2. The average Bonchev–Trinajstić information content (AvgIpc) is 2.41. The van der Waals surface area contributed by atoms with Gasteiger partial charge in [-0.25, -0.2) is 0 Å². The lowest BCUT2D eigenvalue weighted by Crippen LogP contribution is -2.26. The molecule has 0 aliphatic carbocycles. The first-order chi connectivity index (χ1) is 6.99. The van der Waals surface area contributed by atoms with E-state index in [1.165, 1.54) is 0 Å². The minimum Gasteiger partial charge on any atom is -0.395 e. The smallest absolute Gasteiger partial charge is 0.137 e. The highest BCUT2D eigenvalue weighted by Crippen LogP contribution is 2.21. The molecule has 0 unspecified atom stereocenters. The van der Waals surface area contributed by atoms with E-state index >= 15 is 0 Å². The molecule has 0 amide bonds. The summed E-state index contributed by atoms with van der Waals surface area (Å²) in [5.74, 6) is 0.759. The number of amidine groups is 1. The topological polar surface area (TPSA) is 91.2 Å². The Balaban J connectivity index is 3.20. The quantitative estimate of drug-likeness (QED) is 0.460. The number of hydrogen-bond acceptors (Lipinski definition) is 4. The van der Waals surface area contributed by atoms with Crippen LogP contribution in [0.15, 0.2) is 0 Å². The maximum atomic E-state index is 8.87. The number of aryl methyl sites for hydroxylation is 2. The van der Waals surface area contributed by atoms with Crippen LogP contribution in [0.1, 0.15) is 11.3 Å². The molecule has 1 aromatic rings. The van der Waals surface area contributed by atoms with E-state index in [2.05, 4.69) is 5.10 Å². The van der Waals surface area contributed by atoms with Crippen molar-refractivity contribution in [1.29, 1.82) is 5.41 Å². The van der Waals surface area contributed by atoms with Crippen LogP contribution in [-0.2, 0) is 7.05 Å². The van der Waals surface area contributed by atoms with Crippen molar-refractivity contribution < 1.29 is 5.11 Å². The second kappa shape index (κ2) is 4.31. The van der Waals surface area contributed by atoms with Crippen LogP contribution < -0.4 is 10.6 Å². The summed E-state index contributed by atoms with van der Waals surface area (Å²) in [6.07, 6.45) is 0. The van der Waals surface area contributed by atoms with Crippen LogP contribution in [0.25, 0.3) is 0 Å². The fourth-order valence-corrected chi connectivity index (χ4v) is 1.66. The predicted octanol–water partition coefficient (Wildman–Crippen LogP) is -0.559. The van der Waals surface area contributed by atoms with Crippen LogP contribution in [0.4, 0.5) is 5.82 Å². The van der Waals surface area contributed by atoms with Gasteiger partial charge in [0.05, 0.1) is 17.9 Å². The summed E-state index contributed by atoms with van der Waals surface area (Å²) in [5, 5.41) is 20.6. The van der Waals surface area contributed by atoms with Crippen LogP contribution >= 0.6 is 0 Å². The summed E-state index contributed by atoms with van der Waals surface area (Å²) in [7, 11) is 3.63. The SMILES string of the molecule is Cc1nn(C)c(N(C)CCO)c1C(=N)N. The Kier molecular flexibility index (Phi) is 3.31. The molecule has 0 saturated heterocycles. The molecule has 0 bridgehead atoms. The van der Waals surface area contributed by atoms with Crippen molar-refractivity contribution in [2.45, 2.75) is 6.92 Å². The summed E-state index contributed by atoms with van der Waals surface area (Å²) < 4.78 is 1.67. The Morgan fingerprint density at radius 1 is 1.67 bits per heavy atom. The van der Waals surface area contributed by atoms with E-state index in [1.54, 1.807) is 11.7 Å². The lowest BCUT2D eigenvalue weighted by Gasteiger charge is -2.19. The van der Waals surface area contributed by atoms with E-state index in [-0.39, 0.29) is 12.4 Å². The normalized spacial score (nSPS) is 10.4. The second-order valence-electron chi connectivity index (χ2n) is 3.47. The molecule has 0 saturated carbocycles. The van der Waals surface area contributed by atoms with E-state index in [0.717, 1.165) is 11.5 Å². The summed E-state index contributed by atoms with van der Waals surface area (Å²) in [4.78, 5) is 1.83. The maximum absolute atomic E-state index is 8.87. The summed E-state index contributed by atoms with van der Waals surface area (Å²) >= 11 is 0. The third kappa shape index (κ3) is 2.10. The van der Waals surface area contributed by atoms with Gasteiger partial charge in [0.1, 0.15) is 11.7 Å². The van der Waals surface area contributed by atoms with Gasteiger partial charge in [-0.3, -0.25) is 10.1 Å². The Morgan fingerprint density at radius 3 is 2.73 bits per heavy atom. The molecule has 1 rings (SSSR count). The number of nitrogen functional groups attached to an aromatic ring is 1. The van der Waals surface area contributed by atoms with Crippen molar-refractivity contribution in [3.63, 3.8) is 0 Å². The number of likely N-dealkylation sites (N-methyl/N-ethyl adjacent to an activating group) is 1. The Morgan fingerprint density at radius 2 is 2.27 bits per heavy atom. The van der Waals surface area contributed by atoms with E-state index in [9.17, 15) is 0 Å². The van der Waals surface area contributed by atoms with Gasteiger partial charge in [0.2, 0.25) is 0 Å². The standard InChI is InChI=1S/C9H17N5O/c1-6-7(8(10)11)9(14(3)12-6)13(2)4-5-15/h15H,4-5H2,1-3H3,(H3,10,11). The van der Waals surface area contributed by atoms with Crippen LogP contribution in [0.2, 0.25) is 0 Å². The molecule has 1 aromatic heterocycles. The zero-order chi connectivity index (χ0) is 11.6. The molecule has 0 spiro atoms. The number of rotatable bonds is 4. The number of nitrogens with two attached hydrogens (primary N) is 1. The summed E-state index contributed by atoms with van der Waals surface area (Å²) in [5.41, 5.74) is 6.86. The molecule has 84 valence electrons. The molecule has 0 radical (unpaired) electrons. The molecule has 15 heavy (non-hydrogen) atoms.